The lowest BCUT2D eigenvalue weighted by Gasteiger charge is -2.45. The van der Waals surface area contributed by atoms with Crippen LogP contribution in [0.15, 0.2) is 6.20 Å². The molecule has 0 N–H and O–H groups in total. The number of aromatic nitrogens is 2. The number of piperidine rings is 1. The molecule has 1 aromatic heterocycles. The van der Waals surface area contributed by atoms with Crippen molar-refractivity contribution in [1.29, 1.82) is 0 Å². The van der Waals surface area contributed by atoms with Crippen molar-refractivity contribution < 1.29 is 14.3 Å². The number of likely N-dealkylation sites (N-methyl/N-ethyl adjacent to an activating group) is 1. The Hall–Kier alpha value is -1.60. The minimum absolute atomic E-state index is 0.00475. The van der Waals surface area contributed by atoms with Crippen molar-refractivity contribution in [3.8, 4) is 0 Å². The topological polar surface area (TPSA) is 67.7 Å². The molecule has 2 fully saturated rings. The number of ether oxygens (including phenoxy) is 1. The first kappa shape index (κ1) is 16.3. The number of fused-ring (bicyclic) bond motifs is 1. The maximum absolute atomic E-state index is 12.7. The third-order valence-electron chi connectivity index (χ3n) is 4.49. The molecule has 0 aliphatic carbocycles. The fourth-order valence-corrected chi connectivity index (χ4v) is 3.39. The van der Waals surface area contributed by atoms with Crippen molar-refractivity contribution in [2.45, 2.75) is 38.5 Å². The van der Waals surface area contributed by atoms with E-state index < -0.39 is 0 Å². The molecule has 2 aliphatic heterocycles. The first-order chi connectivity index (χ1) is 11.0. The van der Waals surface area contributed by atoms with Gasteiger partial charge in [-0.05, 0) is 12.8 Å². The maximum atomic E-state index is 12.7. The highest BCUT2D eigenvalue weighted by molar-refractivity contribution is 6.33. The fourth-order valence-electron chi connectivity index (χ4n) is 3.16. The summed E-state index contributed by atoms with van der Waals surface area (Å²) < 4.78 is 7.28. The molecule has 2 saturated heterocycles. The second-order valence-electron chi connectivity index (χ2n) is 6.05. The van der Waals surface area contributed by atoms with Crippen molar-refractivity contribution in [2.75, 3.05) is 26.7 Å². The molecule has 3 heterocycles. The van der Waals surface area contributed by atoms with E-state index in [4.69, 9.17) is 16.3 Å². The molecule has 3 rings (SSSR count). The van der Waals surface area contributed by atoms with E-state index >= 15 is 0 Å². The van der Waals surface area contributed by atoms with Crippen molar-refractivity contribution in [2.24, 2.45) is 0 Å². The lowest BCUT2D eigenvalue weighted by molar-refractivity contribution is -0.159. The first-order valence-electron chi connectivity index (χ1n) is 7.90. The fraction of sp³-hybridized carbons (Fsp3) is 0.667. The summed E-state index contributed by atoms with van der Waals surface area (Å²) in [7, 11) is 1.76. The molecular weight excluding hydrogens is 320 g/mol. The molecule has 2 aliphatic rings. The van der Waals surface area contributed by atoms with E-state index in [2.05, 4.69) is 5.10 Å². The van der Waals surface area contributed by atoms with Gasteiger partial charge in [0.05, 0.1) is 17.2 Å². The zero-order valence-electron chi connectivity index (χ0n) is 13.4. The third kappa shape index (κ3) is 3.07. The number of likely N-dealkylation sites (tertiary alicyclic amines) is 1. The molecule has 0 unspecified atom stereocenters. The van der Waals surface area contributed by atoms with Gasteiger partial charge in [0, 0.05) is 32.9 Å². The molecule has 0 bridgehead atoms. The van der Waals surface area contributed by atoms with Crippen LogP contribution in [0.4, 0.5) is 0 Å². The number of carbonyl (C=O) groups is 2. The zero-order valence-corrected chi connectivity index (χ0v) is 14.1. The van der Waals surface area contributed by atoms with E-state index in [9.17, 15) is 9.59 Å². The largest absolute Gasteiger partial charge is 0.366 e. The monoisotopic (exact) mass is 340 g/mol. The summed E-state index contributed by atoms with van der Waals surface area (Å²) in [4.78, 5) is 27.9. The first-order valence-corrected chi connectivity index (χ1v) is 8.28. The second-order valence-corrected chi connectivity index (χ2v) is 6.46. The van der Waals surface area contributed by atoms with Crippen LogP contribution in [0.1, 0.15) is 30.3 Å². The number of carbonyl (C=O) groups excluding carboxylic acids is 2. The molecule has 2 atom stereocenters. The van der Waals surface area contributed by atoms with Crippen LogP contribution in [0.2, 0.25) is 5.02 Å². The number of amides is 2. The predicted octanol–water partition coefficient (Wildman–Crippen LogP) is 1.02. The lowest BCUT2D eigenvalue weighted by Crippen LogP contribution is -2.61. The van der Waals surface area contributed by atoms with E-state index in [1.807, 2.05) is 6.92 Å². The quantitative estimate of drug-likeness (QED) is 0.824. The molecule has 0 aromatic carbocycles. The molecule has 0 radical (unpaired) electrons. The van der Waals surface area contributed by atoms with Crippen LogP contribution in [0, 0.1) is 0 Å². The molecule has 1 aromatic rings. The van der Waals surface area contributed by atoms with Crippen LogP contribution in [0.3, 0.4) is 0 Å². The van der Waals surface area contributed by atoms with Crippen molar-refractivity contribution in [3.63, 3.8) is 0 Å². The average molecular weight is 341 g/mol. The van der Waals surface area contributed by atoms with E-state index in [1.165, 1.54) is 0 Å². The Bertz CT molecular complexity index is 618. The molecule has 0 spiro atoms. The van der Waals surface area contributed by atoms with E-state index in [0.717, 1.165) is 13.0 Å². The summed E-state index contributed by atoms with van der Waals surface area (Å²) in [5.74, 6) is -0.236. The number of morpholine rings is 1. The number of hydrogen-bond acceptors (Lipinski definition) is 4. The molecule has 23 heavy (non-hydrogen) atoms. The Morgan fingerprint density at radius 2 is 2.30 bits per heavy atom. The van der Waals surface area contributed by atoms with Crippen LogP contribution in [-0.2, 0) is 16.1 Å². The Labute approximate surface area is 140 Å². The summed E-state index contributed by atoms with van der Waals surface area (Å²) >= 11 is 6.16. The number of rotatable bonds is 3. The van der Waals surface area contributed by atoms with E-state index in [1.54, 1.807) is 27.7 Å². The molecule has 2 amide bonds. The van der Waals surface area contributed by atoms with Crippen LogP contribution in [0.25, 0.3) is 0 Å². The van der Waals surface area contributed by atoms with Gasteiger partial charge in [-0.25, -0.2) is 0 Å². The summed E-state index contributed by atoms with van der Waals surface area (Å²) in [5, 5.41) is 4.66. The van der Waals surface area contributed by atoms with Crippen LogP contribution in [-0.4, -0.2) is 70.3 Å². The molecule has 7 nitrogen and oxygen atoms in total. The van der Waals surface area contributed by atoms with Crippen LogP contribution >= 0.6 is 11.6 Å². The summed E-state index contributed by atoms with van der Waals surface area (Å²) in [6, 6.07) is -0.106. The van der Waals surface area contributed by atoms with Crippen LogP contribution < -0.4 is 0 Å². The second kappa shape index (κ2) is 6.49. The van der Waals surface area contributed by atoms with Gasteiger partial charge in [0.2, 0.25) is 5.91 Å². The standard InChI is InChI=1S/C15H21ClN4O3/c1-3-5-20-7-10(16)14(17-20)15(22)19-6-4-12-11(8-19)18(2)13(21)9-23-12/h7,11-12H,3-6,8-9H2,1-2H3/t11-,12+/m0/s1. The number of halogens is 1. The highest BCUT2D eigenvalue weighted by Gasteiger charge is 2.40. The Kier molecular flexibility index (Phi) is 4.59. The Morgan fingerprint density at radius 1 is 1.52 bits per heavy atom. The summed E-state index contributed by atoms with van der Waals surface area (Å²) in [6.07, 6.45) is 3.31. The van der Waals surface area contributed by atoms with Gasteiger partial charge >= 0.3 is 0 Å². The van der Waals surface area contributed by atoms with E-state index in [0.29, 0.717) is 24.5 Å². The highest BCUT2D eigenvalue weighted by Crippen LogP contribution is 2.25. The summed E-state index contributed by atoms with van der Waals surface area (Å²) in [5.41, 5.74) is 0.282. The van der Waals surface area contributed by atoms with Gasteiger partial charge < -0.3 is 14.5 Å². The van der Waals surface area contributed by atoms with Gasteiger partial charge in [-0.2, -0.15) is 5.10 Å². The van der Waals surface area contributed by atoms with Crippen LogP contribution in [0.5, 0.6) is 0 Å². The number of nitrogens with zero attached hydrogens (tertiary/aromatic N) is 4. The minimum atomic E-state index is -0.185. The minimum Gasteiger partial charge on any atom is -0.366 e. The maximum Gasteiger partial charge on any atom is 0.275 e. The number of aryl methyl sites for hydroxylation is 1. The molecule has 126 valence electrons. The van der Waals surface area contributed by atoms with Crippen molar-refractivity contribution in [1.82, 2.24) is 19.6 Å². The third-order valence-corrected chi connectivity index (χ3v) is 4.77. The molecule has 0 saturated carbocycles. The van der Waals surface area contributed by atoms with E-state index in [-0.39, 0.29) is 36.3 Å². The van der Waals surface area contributed by atoms with Gasteiger partial charge in [-0.1, -0.05) is 18.5 Å². The van der Waals surface area contributed by atoms with Gasteiger partial charge in [0.15, 0.2) is 5.69 Å². The zero-order chi connectivity index (χ0) is 16.6. The van der Waals surface area contributed by atoms with Crippen molar-refractivity contribution in [3.05, 3.63) is 16.9 Å². The average Bonchev–Trinajstić information content (AvgIpc) is 2.91. The highest BCUT2D eigenvalue weighted by atomic mass is 35.5. The Morgan fingerprint density at radius 3 is 3.04 bits per heavy atom. The van der Waals surface area contributed by atoms with Gasteiger partial charge in [-0.3, -0.25) is 14.3 Å². The number of hydrogen-bond donors (Lipinski definition) is 0. The lowest BCUT2D eigenvalue weighted by atomic mass is 9.99. The predicted molar refractivity (Wildman–Crippen MR) is 84.3 cm³/mol. The van der Waals surface area contributed by atoms with Gasteiger partial charge in [0.25, 0.3) is 5.91 Å². The molecule has 8 heteroatoms. The van der Waals surface area contributed by atoms with Crippen molar-refractivity contribution >= 4 is 23.4 Å². The Balaban J connectivity index is 1.74. The summed E-state index contributed by atoms with van der Waals surface area (Å²) in [6.45, 7) is 3.92. The van der Waals surface area contributed by atoms with Gasteiger partial charge in [-0.15, -0.1) is 0 Å². The smallest absolute Gasteiger partial charge is 0.275 e. The SMILES string of the molecule is CCCn1cc(Cl)c(C(=O)N2CC[C@H]3OCC(=O)N(C)[C@H]3C2)n1. The van der Waals surface area contributed by atoms with Gasteiger partial charge in [0.1, 0.15) is 6.61 Å². The normalized spacial score (nSPS) is 24.7. The molecular formula is C15H21ClN4O3.